The summed E-state index contributed by atoms with van der Waals surface area (Å²) >= 11 is 3.42. The van der Waals surface area contributed by atoms with E-state index in [4.69, 9.17) is 10.00 Å². The normalized spacial score (nSPS) is 13.9. The van der Waals surface area contributed by atoms with Crippen LogP contribution in [0, 0.1) is 11.3 Å². The predicted molar refractivity (Wildman–Crippen MR) is 122 cm³/mol. The molecular weight excluding hydrogens is 456 g/mol. The minimum absolute atomic E-state index is 0.0248. The number of anilines is 1. The molecule has 1 aromatic heterocycles. The van der Waals surface area contributed by atoms with Crippen molar-refractivity contribution >= 4 is 27.5 Å². The summed E-state index contributed by atoms with van der Waals surface area (Å²) in [4.78, 5) is 21.4. The average Bonchev–Trinajstić information content (AvgIpc) is 3.06. The number of carbonyl (C=O) groups is 1. The lowest BCUT2D eigenvalue weighted by Crippen LogP contribution is -2.35. The zero-order valence-electron chi connectivity index (χ0n) is 16.9. The smallest absolute Gasteiger partial charge is 0.255 e. The van der Waals surface area contributed by atoms with Crippen LogP contribution in [0.1, 0.15) is 22.3 Å². The molecule has 0 N–H and O–H groups in total. The Balaban J connectivity index is 1.38. The van der Waals surface area contributed by atoms with Gasteiger partial charge in [-0.1, -0.05) is 22.0 Å². The molecule has 156 valence electrons. The molecule has 2 heterocycles. The number of halogens is 1. The van der Waals surface area contributed by atoms with Crippen molar-refractivity contribution in [3.8, 4) is 17.7 Å². The number of amides is 1. The summed E-state index contributed by atoms with van der Waals surface area (Å²) in [7, 11) is 0. The Morgan fingerprint density at radius 1 is 1.03 bits per heavy atom. The molecule has 4 rings (SSSR count). The Morgan fingerprint density at radius 3 is 2.58 bits per heavy atom. The van der Waals surface area contributed by atoms with Crippen LogP contribution in [0.3, 0.4) is 0 Å². The first-order chi connectivity index (χ1) is 15.1. The van der Waals surface area contributed by atoms with Crippen LogP contribution < -0.4 is 9.64 Å². The highest BCUT2D eigenvalue weighted by molar-refractivity contribution is 9.10. The second-order valence-corrected chi connectivity index (χ2v) is 8.15. The van der Waals surface area contributed by atoms with Gasteiger partial charge in [0.25, 0.3) is 5.91 Å². The van der Waals surface area contributed by atoms with Crippen molar-refractivity contribution in [1.29, 1.82) is 5.26 Å². The maximum Gasteiger partial charge on any atom is 0.255 e. The molecule has 2 aromatic carbocycles. The zero-order valence-corrected chi connectivity index (χ0v) is 18.5. The van der Waals surface area contributed by atoms with Gasteiger partial charge in [0.15, 0.2) is 0 Å². The van der Waals surface area contributed by atoms with Crippen LogP contribution in [0.25, 0.3) is 0 Å². The van der Waals surface area contributed by atoms with Gasteiger partial charge in [0.2, 0.25) is 5.88 Å². The molecule has 1 saturated heterocycles. The fourth-order valence-electron chi connectivity index (χ4n) is 3.53. The highest BCUT2D eigenvalue weighted by Gasteiger charge is 2.21. The quantitative estimate of drug-likeness (QED) is 0.537. The van der Waals surface area contributed by atoms with Gasteiger partial charge in [-0.25, -0.2) is 4.98 Å². The van der Waals surface area contributed by atoms with Gasteiger partial charge in [0.1, 0.15) is 5.75 Å². The number of carbonyl (C=O) groups excluding carboxylic acids is 1. The Bertz CT molecular complexity index is 1090. The van der Waals surface area contributed by atoms with E-state index in [9.17, 15) is 4.79 Å². The lowest BCUT2D eigenvalue weighted by molar-refractivity contribution is 0.0766. The second kappa shape index (κ2) is 9.63. The molecule has 0 spiro atoms. The SMILES string of the molecule is N#Cc1ccc(N2CCCN(C(=O)c3ccc(Oc4cccc(Br)c4)nc3)CC2)cc1. The van der Waals surface area contributed by atoms with Crippen LogP contribution in [0.4, 0.5) is 5.69 Å². The molecule has 1 amide bonds. The van der Waals surface area contributed by atoms with Crippen molar-refractivity contribution in [1.82, 2.24) is 9.88 Å². The number of hydrogen-bond acceptors (Lipinski definition) is 5. The molecule has 0 unspecified atom stereocenters. The van der Waals surface area contributed by atoms with E-state index in [1.807, 2.05) is 53.4 Å². The first-order valence-corrected chi connectivity index (χ1v) is 10.9. The molecule has 0 radical (unpaired) electrons. The van der Waals surface area contributed by atoms with Crippen molar-refractivity contribution in [2.45, 2.75) is 6.42 Å². The van der Waals surface area contributed by atoms with Gasteiger partial charge in [-0.05, 0) is 55.0 Å². The van der Waals surface area contributed by atoms with Crippen LogP contribution in [-0.2, 0) is 0 Å². The summed E-state index contributed by atoms with van der Waals surface area (Å²) in [5, 5.41) is 8.97. The summed E-state index contributed by atoms with van der Waals surface area (Å²) < 4.78 is 6.67. The number of benzene rings is 2. The highest BCUT2D eigenvalue weighted by Crippen LogP contribution is 2.23. The molecule has 1 aliphatic heterocycles. The molecule has 0 bridgehead atoms. The van der Waals surface area contributed by atoms with E-state index in [1.54, 1.807) is 18.3 Å². The van der Waals surface area contributed by atoms with E-state index in [0.717, 1.165) is 29.7 Å². The van der Waals surface area contributed by atoms with Crippen LogP contribution >= 0.6 is 15.9 Å². The van der Waals surface area contributed by atoms with Gasteiger partial charge in [-0.3, -0.25) is 4.79 Å². The zero-order chi connectivity index (χ0) is 21.6. The van der Waals surface area contributed by atoms with Gasteiger partial charge in [-0.15, -0.1) is 0 Å². The number of nitrogens with zero attached hydrogens (tertiary/aromatic N) is 4. The Labute approximate surface area is 189 Å². The number of ether oxygens (including phenoxy) is 1. The van der Waals surface area contributed by atoms with E-state index in [-0.39, 0.29) is 5.91 Å². The maximum absolute atomic E-state index is 13.0. The third kappa shape index (κ3) is 5.22. The number of rotatable bonds is 4. The van der Waals surface area contributed by atoms with Crippen LogP contribution in [0.2, 0.25) is 0 Å². The van der Waals surface area contributed by atoms with E-state index in [1.165, 1.54) is 0 Å². The lowest BCUT2D eigenvalue weighted by atomic mass is 10.2. The highest BCUT2D eigenvalue weighted by atomic mass is 79.9. The fourth-order valence-corrected chi connectivity index (χ4v) is 3.90. The predicted octanol–water partition coefficient (Wildman–Crippen LogP) is 4.86. The second-order valence-electron chi connectivity index (χ2n) is 7.24. The van der Waals surface area contributed by atoms with Crippen LogP contribution in [-0.4, -0.2) is 42.0 Å². The number of hydrogen-bond donors (Lipinski definition) is 0. The fraction of sp³-hybridized carbons (Fsp3) is 0.208. The molecule has 1 fully saturated rings. The molecule has 6 nitrogen and oxygen atoms in total. The van der Waals surface area contributed by atoms with E-state index in [2.05, 4.69) is 31.9 Å². The molecule has 0 atom stereocenters. The summed E-state index contributed by atoms with van der Waals surface area (Å²) in [5.74, 6) is 1.09. The van der Waals surface area contributed by atoms with Gasteiger partial charge in [0, 0.05) is 48.6 Å². The molecule has 7 heteroatoms. The topological polar surface area (TPSA) is 69.5 Å². The Kier molecular flexibility index (Phi) is 6.48. The van der Waals surface area contributed by atoms with Crippen molar-refractivity contribution in [2.24, 2.45) is 0 Å². The minimum Gasteiger partial charge on any atom is -0.439 e. The molecular formula is C24H21BrN4O2. The largest absolute Gasteiger partial charge is 0.439 e. The molecule has 0 aliphatic carbocycles. The number of pyridine rings is 1. The molecule has 3 aromatic rings. The van der Waals surface area contributed by atoms with Crippen molar-refractivity contribution in [2.75, 3.05) is 31.1 Å². The van der Waals surface area contributed by atoms with Crippen LogP contribution in [0.5, 0.6) is 11.6 Å². The number of nitriles is 1. The van der Waals surface area contributed by atoms with Crippen LogP contribution in [0.15, 0.2) is 71.3 Å². The monoisotopic (exact) mass is 476 g/mol. The first-order valence-electron chi connectivity index (χ1n) is 10.1. The summed E-state index contributed by atoms with van der Waals surface area (Å²) in [5.41, 5.74) is 2.27. The molecule has 31 heavy (non-hydrogen) atoms. The minimum atomic E-state index is -0.0248. The van der Waals surface area contributed by atoms with Gasteiger partial charge < -0.3 is 14.5 Å². The first kappa shape index (κ1) is 20.9. The van der Waals surface area contributed by atoms with Gasteiger partial charge in [0.05, 0.1) is 17.2 Å². The Morgan fingerprint density at radius 2 is 1.87 bits per heavy atom. The van der Waals surface area contributed by atoms with Gasteiger partial charge in [-0.2, -0.15) is 5.26 Å². The van der Waals surface area contributed by atoms with Gasteiger partial charge >= 0.3 is 0 Å². The Hall–Kier alpha value is -3.37. The summed E-state index contributed by atoms with van der Waals surface area (Å²) in [6.07, 6.45) is 2.45. The standard InChI is InChI=1S/C24H21BrN4O2/c25-20-3-1-4-22(15-20)31-23-10-7-19(17-27-23)24(30)29-12-2-11-28(13-14-29)21-8-5-18(16-26)6-9-21/h1,3-10,15,17H,2,11-14H2. The molecule has 0 saturated carbocycles. The summed E-state index contributed by atoms with van der Waals surface area (Å²) in [6.45, 7) is 2.94. The number of aromatic nitrogens is 1. The third-order valence-electron chi connectivity index (χ3n) is 5.15. The lowest BCUT2D eigenvalue weighted by Gasteiger charge is -2.23. The van der Waals surface area contributed by atoms with Crippen molar-refractivity contribution in [3.63, 3.8) is 0 Å². The van der Waals surface area contributed by atoms with Crippen molar-refractivity contribution in [3.05, 3.63) is 82.5 Å². The van der Waals surface area contributed by atoms with E-state index >= 15 is 0 Å². The summed E-state index contributed by atoms with van der Waals surface area (Å²) in [6, 6.07) is 20.7. The average molecular weight is 477 g/mol. The van der Waals surface area contributed by atoms with Crippen molar-refractivity contribution < 1.29 is 9.53 Å². The third-order valence-corrected chi connectivity index (χ3v) is 5.64. The molecule has 1 aliphatic rings. The maximum atomic E-state index is 13.0. The van der Waals surface area contributed by atoms with E-state index < -0.39 is 0 Å². The van der Waals surface area contributed by atoms with E-state index in [0.29, 0.717) is 35.8 Å².